The van der Waals surface area contributed by atoms with Crippen LogP contribution in [0.3, 0.4) is 0 Å². The second-order valence-electron chi connectivity index (χ2n) is 5.84. The minimum Gasteiger partial charge on any atom is -0.488 e. The molecule has 0 spiro atoms. The Balaban J connectivity index is 1.47. The Hall–Kier alpha value is -2.82. The lowest BCUT2D eigenvalue weighted by Crippen LogP contribution is -2.36. The molecular formula is C18H17N3O2. The number of aromatic amines is 1. The number of rotatable bonds is 3. The van der Waals surface area contributed by atoms with Crippen LogP contribution in [-0.4, -0.2) is 40.5 Å². The molecule has 0 aliphatic carbocycles. The Labute approximate surface area is 133 Å². The van der Waals surface area contributed by atoms with Crippen LogP contribution in [0, 0.1) is 0 Å². The van der Waals surface area contributed by atoms with Crippen LogP contribution >= 0.6 is 0 Å². The number of hydrogen-bond donors (Lipinski definition) is 1. The first-order valence-electron chi connectivity index (χ1n) is 7.65. The SMILES string of the molecule is CN(CC1Cc2ccccc2O1)C(=O)c1nc2ccccc2[nH]1. The van der Waals surface area contributed by atoms with E-state index < -0.39 is 0 Å². The summed E-state index contributed by atoms with van der Waals surface area (Å²) in [7, 11) is 1.78. The summed E-state index contributed by atoms with van der Waals surface area (Å²) in [5.74, 6) is 1.16. The molecular weight excluding hydrogens is 290 g/mol. The number of benzene rings is 2. The van der Waals surface area contributed by atoms with Crippen LogP contribution in [0.1, 0.15) is 16.2 Å². The highest BCUT2D eigenvalue weighted by atomic mass is 16.5. The number of nitrogens with zero attached hydrogens (tertiary/aromatic N) is 2. The monoisotopic (exact) mass is 307 g/mol. The molecule has 1 aromatic heterocycles. The van der Waals surface area contributed by atoms with Crippen molar-refractivity contribution in [2.75, 3.05) is 13.6 Å². The highest BCUT2D eigenvalue weighted by Crippen LogP contribution is 2.28. The van der Waals surface area contributed by atoms with Crippen LogP contribution < -0.4 is 4.74 Å². The van der Waals surface area contributed by atoms with E-state index in [1.54, 1.807) is 11.9 Å². The molecule has 4 rings (SSSR count). The van der Waals surface area contributed by atoms with Crippen molar-refractivity contribution >= 4 is 16.9 Å². The normalized spacial score (nSPS) is 16.1. The summed E-state index contributed by atoms with van der Waals surface area (Å²) in [5.41, 5.74) is 2.87. The maximum absolute atomic E-state index is 12.6. The number of imidazole rings is 1. The molecule has 0 fully saturated rings. The Bertz CT molecular complexity index is 813. The van der Waals surface area contributed by atoms with Crippen molar-refractivity contribution in [2.45, 2.75) is 12.5 Å². The zero-order valence-electron chi connectivity index (χ0n) is 12.8. The number of likely N-dealkylation sites (N-methyl/N-ethyl adjacent to an activating group) is 1. The number of fused-ring (bicyclic) bond motifs is 2. The molecule has 1 atom stereocenters. The third-order valence-corrected chi connectivity index (χ3v) is 4.13. The van der Waals surface area contributed by atoms with Gasteiger partial charge in [-0.25, -0.2) is 4.98 Å². The quantitative estimate of drug-likeness (QED) is 0.809. The highest BCUT2D eigenvalue weighted by molar-refractivity contribution is 5.94. The van der Waals surface area contributed by atoms with Crippen molar-refractivity contribution < 1.29 is 9.53 Å². The van der Waals surface area contributed by atoms with Crippen molar-refractivity contribution in [1.82, 2.24) is 14.9 Å². The van der Waals surface area contributed by atoms with Gasteiger partial charge in [-0.1, -0.05) is 30.3 Å². The number of para-hydroxylation sites is 3. The van der Waals surface area contributed by atoms with Crippen molar-refractivity contribution in [3.8, 4) is 5.75 Å². The summed E-state index contributed by atoms with van der Waals surface area (Å²) in [5, 5.41) is 0. The molecule has 1 aliphatic rings. The molecule has 5 nitrogen and oxygen atoms in total. The van der Waals surface area contributed by atoms with E-state index in [9.17, 15) is 4.79 Å². The first-order chi connectivity index (χ1) is 11.2. The first kappa shape index (κ1) is 13.8. The number of hydrogen-bond acceptors (Lipinski definition) is 3. The van der Waals surface area contributed by atoms with Gasteiger partial charge in [-0.15, -0.1) is 0 Å². The molecule has 0 saturated heterocycles. The first-order valence-corrected chi connectivity index (χ1v) is 7.65. The van der Waals surface area contributed by atoms with Crippen molar-refractivity contribution in [3.63, 3.8) is 0 Å². The average Bonchev–Trinajstić information content (AvgIpc) is 3.16. The second kappa shape index (κ2) is 5.43. The summed E-state index contributed by atoms with van der Waals surface area (Å²) in [6.07, 6.45) is 0.819. The number of nitrogens with one attached hydrogen (secondary N) is 1. The van der Waals surface area contributed by atoms with E-state index >= 15 is 0 Å². The molecule has 1 unspecified atom stereocenters. The van der Waals surface area contributed by atoms with Gasteiger partial charge >= 0.3 is 0 Å². The van der Waals surface area contributed by atoms with Gasteiger partial charge in [-0.2, -0.15) is 0 Å². The summed E-state index contributed by atoms with van der Waals surface area (Å²) in [6, 6.07) is 15.6. The predicted molar refractivity (Wildman–Crippen MR) is 87.6 cm³/mol. The number of H-pyrrole nitrogens is 1. The van der Waals surface area contributed by atoms with Crippen LogP contribution in [0.25, 0.3) is 11.0 Å². The minimum absolute atomic E-state index is 0.00858. The highest BCUT2D eigenvalue weighted by Gasteiger charge is 2.26. The third-order valence-electron chi connectivity index (χ3n) is 4.13. The topological polar surface area (TPSA) is 58.2 Å². The molecule has 3 aromatic rings. The summed E-state index contributed by atoms with van der Waals surface area (Å²) >= 11 is 0. The molecule has 1 amide bonds. The molecule has 2 heterocycles. The fraction of sp³-hybridized carbons (Fsp3) is 0.222. The molecule has 1 aliphatic heterocycles. The van der Waals surface area contributed by atoms with E-state index in [2.05, 4.69) is 16.0 Å². The molecule has 5 heteroatoms. The zero-order valence-corrected chi connectivity index (χ0v) is 12.8. The smallest absolute Gasteiger partial charge is 0.289 e. The second-order valence-corrected chi connectivity index (χ2v) is 5.84. The molecule has 0 saturated carbocycles. The van der Waals surface area contributed by atoms with Gasteiger partial charge in [0.15, 0.2) is 5.82 Å². The van der Waals surface area contributed by atoms with E-state index in [0.717, 1.165) is 23.2 Å². The number of carbonyl (C=O) groups is 1. The Morgan fingerprint density at radius 3 is 2.87 bits per heavy atom. The van der Waals surface area contributed by atoms with Crippen LogP contribution in [0.5, 0.6) is 5.75 Å². The molecule has 1 N–H and O–H groups in total. The van der Waals surface area contributed by atoms with E-state index in [4.69, 9.17) is 4.74 Å². The Morgan fingerprint density at radius 2 is 2.04 bits per heavy atom. The van der Waals surface area contributed by atoms with Crippen LogP contribution in [-0.2, 0) is 6.42 Å². The number of carbonyl (C=O) groups excluding carboxylic acids is 1. The van der Waals surface area contributed by atoms with E-state index in [1.807, 2.05) is 42.5 Å². The largest absolute Gasteiger partial charge is 0.488 e. The maximum Gasteiger partial charge on any atom is 0.289 e. The lowest BCUT2D eigenvalue weighted by molar-refractivity contribution is 0.0720. The fourth-order valence-electron chi connectivity index (χ4n) is 2.98. The molecule has 0 radical (unpaired) electrons. The minimum atomic E-state index is -0.124. The average molecular weight is 307 g/mol. The van der Waals surface area contributed by atoms with Crippen molar-refractivity contribution in [2.24, 2.45) is 0 Å². The predicted octanol–water partition coefficient (Wildman–Crippen LogP) is 2.64. The molecule has 2 aromatic carbocycles. The standard InChI is InChI=1S/C18H17N3O2/c1-21(11-13-10-12-6-2-5-9-16(12)23-13)18(22)17-19-14-7-3-4-8-15(14)20-17/h2-9,13H,10-11H2,1H3,(H,19,20). The lowest BCUT2D eigenvalue weighted by atomic mass is 10.1. The van der Waals surface area contributed by atoms with Crippen molar-refractivity contribution in [3.05, 3.63) is 59.9 Å². The van der Waals surface area contributed by atoms with E-state index in [1.165, 1.54) is 5.56 Å². The zero-order chi connectivity index (χ0) is 15.8. The van der Waals surface area contributed by atoms with Crippen molar-refractivity contribution in [1.29, 1.82) is 0 Å². The summed E-state index contributed by atoms with van der Waals surface area (Å²) < 4.78 is 5.90. The summed E-state index contributed by atoms with van der Waals surface area (Å²) in [6.45, 7) is 0.532. The van der Waals surface area contributed by atoms with Crippen LogP contribution in [0.2, 0.25) is 0 Å². The van der Waals surface area contributed by atoms with Gasteiger partial charge in [0.2, 0.25) is 0 Å². The van der Waals surface area contributed by atoms with Gasteiger partial charge in [0.25, 0.3) is 5.91 Å². The Morgan fingerprint density at radius 1 is 1.26 bits per heavy atom. The maximum atomic E-state index is 12.6. The summed E-state index contributed by atoms with van der Waals surface area (Å²) in [4.78, 5) is 21.6. The van der Waals surface area contributed by atoms with Crippen LogP contribution in [0.15, 0.2) is 48.5 Å². The number of ether oxygens (including phenoxy) is 1. The van der Waals surface area contributed by atoms with Gasteiger partial charge in [-0.05, 0) is 23.8 Å². The van der Waals surface area contributed by atoms with Crippen LogP contribution in [0.4, 0.5) is 0 Å². The van der Waals surface area contributed by atoms with E-state index in [0.29, 0.717) is 12.4 Å². The van der Waals surface area contributed by atoms with Gasteiger partial charge in [0.05, 0.1) is 17.6 Å². The molecule has 0 bridgehead atoms. The third kappa shape index (κ3) is 2.54. The van der Waals surface area contributed by atoms with E-state index in [-0.39, 0.29) is 12.0 Å². The number of amides is 1. The van der Waals surface area contributed by atoms with Gasteiger partial charge in [0.1, 0.15) is 11.9 Å². The van der Waals surface area contributed by atoms with Gasteiger partial charge in [0, 0.05) is 13.5 Å². The molecule has 23 heavy (non-hydrogen) atoms. The number of aromatic nitrogens is 2. The Kier molecular flexibility index (Phi) is 3.26. The van der Waals surface area contributed by atoms with Gasteiger partial charge < -0.3 is 14.6 Å². The van der Waals surface area contributed by atoms with Gasteiger partial charge in [-0.3, -0.25) is 4.79 Å². The molecule has 116 valence electrons. The lowest BCUT2D eigenvalue weighted by Gasteiger charge is -2.20. The fourth-order valence-corrected chi connectivity index (χ4v) is 2.98.